The molecule has 0 aliphatic heterocycles. The van der Waals surface area contributed by atoms with Crippen molar-refractivity contribution in [3.05, 3.63) is 51.0 Å². The number of hydrogen-bond acceptors (Lipinski definition) is 3. The summed E-state index contributed by atoms with van der Waals surface area (Å²) in [6, 6.07) is 8.13. The fourth-order valence-electron chi connectivity index (χ4n) is 2.55. The predicted octanol–water partition coefficient (Wildman–Crippen LogP) is 4.26. The van der Waals surface area contributed by atoms with Crippen LogP contribution in [0.2, 0.25) is 0 Å². The van der Waals surface area contributed by atoms with Crippen molar-refractivity contribution in [3.8, 4) is 0 Å². The molecule has 2 nitrogen and oxygen atoms in total. The van der Waals surface area contributed by atoms with Crippen molar-refractivity contribution in [2.45, 2.75) is 39.0 Å². The van der Waals surface area contributed by atoms with Gasteiger partial charge in [-0.2, -0.15) is 0 Å². The summed E-state index contributed by atoms with van der Waals surface area (Å²) in [5.74, 6) is 0.779. The average Bonchev–Trinajstić information content (AvgIpc) is 2.66. The molecule has 0 radical (unpaired) electrons. The van der Waals surface area contributed by atoms with E-state index in [2.05, 4.69) is 17.1 Å². The van der Waals surface area contributed by atoms with E-state index in [0.717, 1.165) is 21.1 Å². The van der Waals surface area contributed by atoms with Crippen molar-refractivity contribution in [2.75, 3.05) is 0 Å². The summed E-state index contributed by atoms with van der Waals surface area (Å²) in [5.41, 5.74) is 2.97. The van der Waals surface area contributed by atoms with Crippen LogP contribution in [0.25, 0.3) is 0 Å². The van der Waals surface area contributed by atoms with E-state index in [1.54, 1.807) is 0 Å². The molecule has 0 saturated heterocycles. The van der Waals surface area contributed by atoms with E-state index in [1.807, 2.05) is 26.0 Å². The van der Waals surface area contributed by atoms with E-state index >= 15 is 0 Å². The second kappa shape index (κ2) is 4.89. The topological polar surface area (TPSA) is 30.0 Å². The number of thiazole rings is 1. The summed E-state index contributed by atoms with van der Waals surface area (Å²) in [4.78, 5) is 17.7. The number of hydrogen-bond donors (Lipinski definition) is 0. The minimum Gasteiger partial charge on any atom is -0.288 e. The Labute approximate surface area is 117 Å². The molecule has 0 amide bonds. The molecule has 3 heteroatoms. The molecule has 1 aliphatic carbocycles. The molecule has 1 aliphatic rings. The van der Waals surface area contributed by atoms with Crippen LogP contribution in [0.15, 0.2) is 24.3 Å². The highest BCUT2D eigenvalue weighted by atomic mass is 32.1. The van der Waals surface area contributed by atoms with Crippen LogP contribution >= 0.6 is 11.3 Å². The van der Waals surface area contributed by atoms with Crippen LogP contribution in [0.5, 0.6) is 0 Å². The van der Waals surface area contributed by atoms with Gasteiger partial charge in [0.25, 0.3) is 0 Å². The molecule has 98 valence electrons. The lowest BCUT2D eigenvalue weighted by molar-refractivity contribution is 0.104. The molecule has 1 fully saturated rings. The van der Waals surface area contributed by atoms with E-state index < -0.39 is 0 Å². The molecule has 0 atom stereocenters. The SMILES string of the molecule is Cc1nc(C)c(C(=O)c2cccc(C3CCC3)c2)s1. The molecule has 3 rings (SSSR count). The summed E-state index contributed by atoms with van der Waals surface area (Å²) in [6.45, 7) is 3.85. The van der Waals surface area contributed by atoms with Gasteiger partial charge in [0.2, 0.25) is 5.78 Å². The maximum absolute atomic E-state index is 12.5. The monoisotopic (exact) mass is 271 g/mol. The van der Waals surface area contributed by atoms with E-state index in [-0.39, 0.29) is 5.78 Å². The Hall–Kier alpha value is -1.48. The fraction of sp³-hybridized carbons (Fsp3) is 0.375. The van der Waals surface area contributed by atoms with Gasteiger partial charge in [-0.05, 0) is 44.2 Å². The second-order valence-corrected chi connectivity index (χ2v) is 6.43. The Morgan fingerprint density at radius 2 is 2.11 bits per heavy atom. The number of carbonyl (C=O) groups excluding carboxylic acids is 1. The Kier molecular flexibility index (Phi) is 3.23. The van der Waals surface area contributed by atoms with E-state index in [1.165, 1.54) is 36.2 Å². The molecule has 0 unspecified atom stereocenters. The van der Waals surface area contributed by atoms with E-state index in [0.29, 0.717) is 5.92 Å². The molecule has 1 aromatic carbocycles. The van der Waals surface area contributed by atoms with Gasteiger partial charge in [0.15, 0.2) is 0 Å². The summed E-state index contributed by atoms with van der Waals surface area (Å²) >= 11 is 1.49. The molecule has 2 aromatic rings. The third-order valence-electron chi connectivity index (χ3n) is 3.84. The van der Waals surface area contributed by atoms with Gasteiger partial charge in [-0.3, -0.25) is 4.79 Å². The number of ketones is 1. The molecule has 1 saturated carbocycles. The van der Waals surface area contributed by atoms with Gasteiger partial charge in [-0.25, -0.2) is 4.98 Å². The summed E-state index contributed by atoms with van der Waals surface area (Å²) < 4.78 is 0. The zero-order valence-corrected chi connectivity index (χ0v) is 12.1. The Balaban J connectivity index is 1.93. The van der Waals surface area contributed by atoms with Crippen LogP contribution in [0.4, 0.5) is 0 Å². The highest BCUT2D eigenvalue weighted by molar-refractivity contribution is 7.14. The number of rotatable bonds is 3. The third kappa shape index (κ3) is 2.35. The van der Waals surface area contributed by atoms with Crippen LogP contribution in [0.3, 0.4) is 0 Å². The van der Waals surface area contributed by atoms with Crippen LogP contribution in [-0.2, 0) is 0 Å². The van der Waals surface area contributed by atoms with Gasteiger partial charge < -0.3 is 0 Å². The highest BCUT2D eigenvalue weighted by Gasteiger charge is 2.21. The van der Waals surface area contributed by atoms with Crippen molar-refractivity contribution in [1.82, 2.24) is 4.98 Å². The molecule has 0 spiro atoms. The number of benzene rings is 1. The molecular formula is C16H17NOS. The summed E-state index contributed by atoms with van der Waals surface area (Å²) in [7, 11) is 0. The highest BCUT2D eigenvalue weighted by Crippen LogP contribution is 2.36. The number of nitrogens with zero attached hydrogens (tertiary/aromatic N) is 1. The first-order valence-corrected chi connectivity index (χ1v) is 7.55. The zero-order valence-electron chi connectivity index (χ0n) is 11.3. The standard InChI is InChI=1S/C16H17NOS/c1-10-16(19-11(2)17-10)15(18)14-8-4-7-13(9-14)12-5-3-6-12/h4,7-9,12H,3,5-6H2,1-2H3. The van der Waals surface area contributed by atoms with Crippen molar-refractivity contribution in [2.24, 2.45) is 0 Å². The van der Waals surface area contributed by atoms with Gasteiger partial charge in [0, 0.05) is 5.56 Å². The van der Waals surface area contributed by atoms with Crippen LogP contribution in [-0.4, -0.2) is 10.8 Å². The first-order chi connectivity index (χ1) is 9.15. The Bertz CT molecular complexity index is 625. The van der Waals surface area contributed by atoms with Crippen LogP contribution < -0.4 is 0 Å². The Morgan fingerprint density at radius 1 is 1.32 bits per heavy atom. The lowest BCUT2D eigenvalue weighted by Crippen LogP contribution is -2.10. The second-order valence-electron chi connectivity index (χ2n) is 5.23. The lowest BCUT2D eigenvalue weighted by Gasteiger charge is -2.26. The van der Waals surface area contributed by atoms with Crippen LogP contribution in [0, 0.1) is 13.8 Å². The molecular weight excluding hydrogens is 254 g/mol. The van der Waals surface area contributed by atoms with Crippen LogP contribution in [0.1, 0.15) is 56.7 Å². The largest absolute Gasteiger partial charge is 0.288 e. The molecule has 1 heterocycles. The van der Waals surface area contributed by atoms with Gasteiger partial charge in [0.1, 0.15) is 0 Å². The molecule has 19 heavy (non-hydrogen) atoms. The molecule has 1 aromatic heterocycles. The first-order valence-electron chi connectivity index (χ1n) is 6.74. The predicted molar refractivity (Wildman–Crippen MR) is 78.1 cm³/mol. The molecule has 0 N–H and O–H groups in total. The van der Waals surface area contributed by atoms with Crippen molar-refractivity contribution in [3.63, 3.8) is 0 Å². The Morgan fingerprint density at radius 3 is 2.68 bits per heavy atom. The zero-order chi connectivity index (χ0) is 13.4. The molecule has 0 bridgehead atoms. The van der Waals surface area contributed by atoms with Crippen molar-refractivity contribution >= 4 is 17.1 Å². The number of aromatic nitrogens is 1. The first kappa shape index (κ1) is 12.5. The third-order valence-corrected chi connectivity index (χ3v) is 4.91. The minimum absolute atomic E-state index is 0.115. The maximum atomic E-state index is 12.5. The van der Waals surface area contributed by atoms with Gasteiger partial charge in [0.05, 0.1) is 15.6 Å². The van der Waals surface area contributed by atoms with Gasteiger partial charge in [-0.1, -0.05) is 24.6 Å². The quantitative estimate of drug-likeness (QED) is 0.781. The smallest absolute Gasteiger partial charge is 0.204 e. The van der Waals surface area contributed by atoms with Crippen molar-refractivity contribution in [1.29, 1.82) is 0 Å². The summed E-state index contributed by atoms with van der Waals surface area (Å²) in [5, 5.41) is 0.955. The summed E-state index contributed by atoms with van der Waals surface area (Å²) in [6.07, 6.45) is 3.84. The van der Waals surface area contributed by atoms with Gasteiger partial charge in [-0.15, -0.1) is 11.3 Å². The number of carbonyl (C=O) groups is 1. The normalized spacial score (nSPS) is 15.3. The number of aryl methyl sites for hydroxylation is 2. The minimum atomic E-state index is 0.115. The van der Waals surface area contributed by atoms with E-state index in [4.69, 9.17) is 0 Å². The van der Waals surface area contributed by atoms with E-state index in [9.17, 15) is 4.79 Å². The van der Waals surface area contributed by atoms with Crippen molar-refractivity contribution < 1.29 is 4.79 Å². The van der Waals surface area contributed by atoms with Gasteiger partial charge >= 0.3 is 0 Å². The average molecular weight is 271 g/mol. The fourth-order valence-corrected chi connectivity index (χ4v) is 3.43. The lowest BCUT2D eigenvalue weighted by atomic mass is 9.79. The maximum Gasteiger partial charge on any atom is 0.204 e.